The van der Waals surface area contributed by atoms with Gasteiger partial charge in [0.1, 0.15) is 15.7 Å². The molecule has 1 radical (unpaired) electrons. The lowest BCUT2D eigenvalue weighted by Crippen LogP contribution is -2.43. The van der Waals surface area contributed by atoms with E-state index in [9.17, 15) is 9.18 Å². The summed E-state index contributed by atoms with van der Waals surface area (Å²) in [5.74, 6) is -0.567. The number of rotatable bonds is 5. The van der Waals surface area contributed by atoms with Crippen LogP contribution in [-0.2, 0) is 9.67 Å². The third-order valence-electron chi connectivity index (χ3n) is 4.31. The van der Waals surface area contributed by atoms with E-state index in [1.807, 2.05) is 50.2 Å². The number of amides is 1. The first kappa shape index (κ1) is 18.6. The van der Waals surface area contributed by atoms with Crippen molar-refractivity contribution < 1.29 is 9.18 Å². The number of hydrazone groups is 1. The molecule has 2 aromatic carbocycles. The lowest BCUT2D eigenvalue weighted by atomic mass is 9.99. The average molecular weight is 369 g/mol. The Balaban J connectivity index is 2.12. The van der Waals surface area contributed by atoms with Crippen LogP contribution in [0.25, 0.3) is 0 Å². The monoisotopic (exact) mass is 369 g/mol. The molecule has 5 heteroatoms. The topological polar surface area (TPSA) is 32.7 Å². The van der Waals surface area contributed by atoms with Crippen molar-refractivity contribution in [2.24, 2.45) is 11.0 Å². The van der Waals surface area contributed by atoms with Gasteiger partial charge in [-0.2, -0.15) is 5.10 Å². The molecule has 1 atom stereocenters. The molecule has 26 heavy (non-hydrogen) atoms. The van der Waals surface area contributed by atoms with Gasteiger partial charge in [0.15, 0.2) is 0 Å². The lowest BCUT2D eigenvalue weighted by Gasteiger charge is -2.36. The average Bonchev–Trinajstić information content (AvgIpc) is 3.03. The molecular weight excluding hydrogens is 347 g/mol. The van der Waals surface area contributed by atoms with E-state index in [-0.39, 0.29) is 17.6 Å². The van der Waals surface area contributed by atoms with Crippen molar-refractivity contribution in [3.63, 3.8) is 0 Å². The Labute approximate surface area is 158 Å². The van der Waals surface area contributed by atoms with Gasteiger partial charge in [0, 0.05) is 11.5 Å². The van der Waals surface area contributed by atoms with Gasteiger partial charge < -0.3 is 0 Å². The van der Waals surface area contributed by atoms with Crippen molar-refractivity contribution in [3.8, 4) is 0 Å². The summed E-state index contributed by atoms with van der Waals surface area (Å²) in [6.45, 7) is 7.74. The molecule has 3 nitrogen and oxygen atoms in total. The number of hydrogen-bond acceptors (Lipinski definition) is 3. The smallest absolute Gasteiger partial charge is 0.246 e. The molecule has 135 valence electrons. The van der Waals surface area contributed by atoms with Gasteiger partial charge in [-0.25, -0.2) is 9.40 Å². The van der Waals surface area contributed by atoms with Crippen molar-refractivity contribution in [1.29, 1.82) is 0 Å². The molecule has 0 aliphatic carbocycles. The number of benzene rings is 2. The number of nitrogens with zero attached hydrogens (tertiary/aromatic N) is 2. The highest BCUT2D eigenvalue weighted by Gasteiger charge is 2.48. The van der Waals surface area contributed by atoms with Crippen LogP contribution in [0.1, 0.15) is 37.8 Å². The number of carbonyl (C=O) groups excluding carboxylic acids is 1. The predicted molar refractivity (Wildman–Crippen MR) is 105 cm³/mol. The van der Waals surface area contributed by atoms with E-state index in [0.717, 1.165) is 5.56 Å². The van der Waals surface area contributed by atoms with Crippen LogP contribution >= 0.6 is 11.8 Å². The summed E-state index contributed by atoms with van der Waals surface area (Å²) < 4.78 is 13.7. The lowest BCUT2D eigenvalue weighted by molar-refractivity contribution is -0.138. The van der Waals surface area contributed by atoms with Crippen LogP contribution in [-0.4, -0.2) is 16.0 Å². The highest BCUT2D eigenvalue weighted by Crippen LogP contribution is 2.50. The maximum atomic E-state index is 13.7. The van der Waals surface area contributed by atoms with Crippen LogP contribution in [0.15, 0.2) is 59.7 Å². The molecule has 0 fully saturated rings. The zero-order chi connectivity index (χ0) is 18.7. The zero-order valence-electron chi connectivity index (χ0n) is 15.0. The fourth-order valence-corrected chi connectivity index (χ4v) is 4.43. The van der Waals surface area contributed by atoms with Gasteiger partial charge in [-0.1, -0.05) is 75.0 Å². The number of halogens is 1. The highest BCUT2D eigenvalue weighted by molar-refractivity contribution is 8.15. The normalized spacial score (nSPS) is 19.7. The third-order valence-corrected chi connectivity index (χ3v) is 5.77. The minimum atomic E-state index is -0.661. The van der Waals surface area contributed by atoms with Gasteiger partial charge in [0.2, 0.25) is 5.91 Å². The van der Waals surface area contributed by atoms with Gasteiger partial charge in [0.25, 0.3) is 0 Å². The minimum absolute atomic E-state index is 0.0544. The molecule has 1 heterocycles. The maximum Gasteiger partial charge on any atom is 0.246 e. The molecular formula is C21H22FN2OS. The summed E-state index contributed by atoms with van der Waals surface area (Å²) in [6, 6.07) is 16.2. The van der Waals surface area contributed by atoms with E-state index in [1.54, 1.807) is 11.1 Å². The van der Waals surface area contributed by atoms with E-state index in [0.29, 0.717) is 23.4 Å². The summed E-state index contributed by atoms with van der Waals surface area (Å²) in [6.07, 6.45) is 1.30. The van der Waals surface area contributed by atoms with Crippen molar-refractivity contribution >= 4 is 22.7 Å². The highest BCUT2D eigenvalue weighted by atomic mass is 32.2. The van der Waals surface area contributed by atoms with Crippen molar-refractivity contribution in [2.75, 3.05) is 0 Å². The van der Waals surface area contributed by atoms with E-state index in [1.165, 1.54) is 23.9 Å². The Bertz CT molecular complexity index is 822. The molecule has 1 aliphatic heterocycles. The summed E-state index contributed by atoms with van der Waals surface area (Å²) in [5.41, 5.74) is 1.68. The van der Waals surface area contributed by atoms with Gasteiger partial charge in [-0.3, -0.25) is 4.79 Å². The van der Waals surface area contributed by atoms with Crippen molar-refractivity contribution in [1.82, 2.24) is 5.01 Å². The zero-order valence-corrected chi connectivity index (χ0v) is 15.8. The Morgan fingerprint density at radius 3 is 2.58 bits per heavy atom. The standard InChI is InChI=1S/C21H22FN2OS/c1-4-13-21(17-10-6-5-7-11-17)24(20(25)15(2)3)23-19(26-21)16-9-8-12-18(22)14-16/h5-12,14-15H,1,4,13H2,2-3H3. The first-order chi connectivity index (χ1) is 12.5. The number of thioether (sulfide) groups is 1. The molecule has 1 amide bonds. The van der Waals surface area contributed by atoms with E-state index in [4.69, 9.17) is 0 Å². The second-order valence-corrected chi connectivity index (χ2v) is 7.84. The largest absolute Gasteiger partial charge is 0.273 e. The molecule has 0 saturated carbocycles. The SMILES string of the molecule is [CH2]CCC1(c2ccccc2)SC(c2cccc(F)c2)=NN1C(=O)C(C)C. The molecule has 1 aliphatic rings. The number of carbonyl (C=O) groups is 1. The molecule has 0 saturated heterocycles. The van der Waals surface area contributed by atoms with Crippen LogP contribution in [0.3, 0.4) is 0 Å². The molecule has 0 spiro atoms. The Kier molecular flexibility index (Phi) is 5.47. The molecule has 0 aromatic heterocycles. The van der Waals surface area contributed by atoms with Gasteiger partial charge in [0.05, 0.1) is 0 Å². The van der Waals surface area contributed by atoms with Crippen molar-refractivity contribution in [3.05, 3.63) is 78.5 Å². The van der Waals surface area contributed by atoms with Crippen molar-refractivity contribution in [2.45, 2.75) is 31.6 Å². The molecule has 2 aromatic rings. The molecule has 0 N–H and O–H groups in total. The van der Waals surface area contributed by atoms with Crippen LogP contribution < -0.4 is 0 Å². The van der Waals surface area contributed by atoms with E-state index in [2.05, 4.69) is 12.0 Å². The Morgan fingerprint density at radius 2 is 1.96 bits per heavy atom. The van der Waals surface area contributed by atoms with Gasteiger partial charge >= 0.3 is 0 Å². The Hall–Kier alpha value is -2.14. The van der Waals surface area contributed by atoms with Crippen LogP contribution in [0.2, 0.25) is 0 Å². The summed E-state index contributed by atoms with van der Waals surface area (Å²) in [4.78, 5) is 12.3. The third kappa shape index (κ3) is 3.40. The Morgan fingerprint density at radius 1 is 1.23 bits per heavy atom. The second kappa shape index (κ2) is 7.62. The minimum Gasteiger partial charge on any atom is -0.273 e. The summed E-state index contributed by atoms with van der Waals surface area (Å²) >= 11 is 1.50. The van der Waals surface area contributed by atoms with Crippen LogP contribution in [0.4, 0.5) is 4.39 Å². The fraction of sp³-hybridized carbons (Fsp3) is 0.286. The van der Waals surface area contributed by atoms with Crippen LogP contribution in [0, 0.1) is 18.7 Å². The first-order valence-electron chi connectivity index (χ1n) is 8.70. The van der Waals surface area contributed by atoms with Gasteiger partial charge in [-0.05, 0) is 30.5 Å². The maximum absolute atomic E-state index is 13.7. The van der Waals surface area contributed by atoms with E-state index < -0.39 is 4.87 Å². The molecule has 3 rings (SSSR count). The predicted octanol–water partition coefficient (Wildman–Crippen LogP) is 5.19. The van der Waals surface area contributed by atoms with Crippen LogP contribution in [0.5, 0.6) is 0 Å². The summed E-state index contributed by atoms with van der Waals surface area (Å²) in [7, 11) is 0. The van der Waals surface area contributed by atoms with E-state index >= 15 is 0 Å². The van der Waals surface area contributed by atoms with Gasteiger partial charge in [-0.15, -0.1) is 0 Å². The number of hydrogen-bond donors (Lipinski definition) is 0. The molecule has 1 unspecified atom stereocenters. The molecule has 0 bridgehead atoms. The second-order valence-electron chi connectivity index (χ2n) is 6.58. The summed E-state index contributed by atoms with van der Waals surface area (Å²) in [5, 5.41) is 6.87. The first-order valence-corrected chi connectivity index (χ1v) is 9.52. The quantitative estimate of drug-likeness (QED) is 0.727. The fourth-order valence-electron chi connectivity index (χ4n) is 3.03.